The zero-order valence-electron chi connectivity index (χ0n) is 11.8. The molecule has 0 atom stereocenters. The van der Waals surface area contributed by atoms with E-state index in [4.69, 9.17) is 5.11 Å². The van der Waals surface area contributed by atoms with E-state index in [0.29, 0.717) is 6.54 Å². The lowest BCUT2D eigenvalue weighted by Gasteiger charge is -2.17. The molecule has 0 spiro atoms. The van der Waals surface area contributed by atoms with Gasteiger partial charge in [0.25, 0.3) is 0 Å². The smallest absolute Gasteiger partial charge is 0.303 e. The van der Waals surface area contributed by atoms with E-state index in [-0.39, 0.29) is 18.7 Å². The Kier molecular flexibility index (Phi) is 5.55. The van der Waals surface area contributed by atoms with Crippen LogP contribution in [0.2, 0.25) is 0 Å². The first kappa shape index (κ1) is 15.2. The Morgan fingerprint density at radius 2 is 1.89 bits per heavy atom. The summed E-state index contributed by atoms with van der Waals surface area (Å²) in [6.07, 6.45) is 0.757. The number of rotatable bonds is 6. The van der Waals surface area contributed by atoms with Crippen molar-refractivity contribution in [3.05, 3.63) is 34.9 Å². The molecule has 104 valence electrons. The second kappa shape index (κ2) is 6.92. The molecular weight excluding hydrogens is 242 g/mol. The van der Waals surface area contributed by atoms with Gasteiger partial charge in [0.1, 0.15) is 0 Å². The maximum absolute atomic E-state index is 11.7. The summed E-state index contributed by atoms with van der Waals surface area (Å²) in [7, 11) is 1.72. The lowest BCUT2D eigenvalue weighted by Crippen LogP contribution is -2.29. The number of hydrogen-bond donors (Lipinski definition) is 1. The molecule has 1 rings (SSSR count). The molecule has 0 aliphatic carbocycles. The molecule has 0 unspecified atom stereocenters. The summed E-state index contributed by atoms with van der Waals surface area (Å²) in [5.41, 5.74) is 3.68. The molecule has 4 nitrogen and oxygen atoms in total. The molecule has 0 bridgehead atoms. The highest BCUT2D eigenvalue weighted by atomic mass is 16.4. The fourth-order valence-electron chi connectivity index (χ4n) is 1.94. The van der Waals surface area contributed by atoms with Crippen molar-refractivity contribution in [1.29, 1.82) is 0 Å². The molecule has 0 fully saturated rings. The van der Waals surface area contributed by atoms with Gasteiger partial charge in [-0.15, -0.1) is 0 Å². The summed E-state index contributed by atoms with van der Waals surface area (Å²) in [6.45, 7) is 4.73. The normalized spacial score (nSPS) is 10.3. The van der Waals surface area contributed by atoms with E-state index in [0.717, 1.165) is 6.42 Å². The highest BCUT2D eigenvalue weighted by molar-refractivity contribution is 5.80. The zero-order valence-corrected chi connectivity index (χ0v) is 11.8. The van der Waals surface area contributed by atoms with Gasteiger partial charge in [-0.3, -0.25) is 9.59 Å². The number of carboxylic acid groups (broad SMARTS) is 1. The van der Waals surface area contributed by atoms with Crippen LogP contribution in [0.15, 0.2) is 18.2 Å². The number of amides is 1. The predicted molar refractivity (Wildman–Crippen MR) is 74.1 cm³/mol. The Hall–Kier alpha value is -1.84. The van der Waals surface area contributed by atoms with Gasteiger partial charge in [0.05, 0.1) is 6.42 Å². The van der Waals surface area contributed by atoms with Crippen molar-refractivity contribution < 1.29 is 14.7 Å². The molecule has 1 aromatic carbocycles. The van der Waals surface area contributed by atoms with Gasteiger partial charge in [-0.05, 0) is 31.4 Å². The maximum atomic E-state index is 11.7. The van der Waals surface area contributed by atoms with E-state index in [1.165, 1.54) is 16.7 Å². The summed E-state index contributed by atoms with van der Waals surface area (Å²) < 4.78 is 0. The summed E-state index contributed by atoms with van der Waals surface area (Å²) in [5.74, 6) is -1.05. The number of carbonyl (C=O) groups excluding carboxylic acids is 1. The molecule has 0 heterocycles. The topological polar surface area (TPSA) is 57.6 Å². The van der Waals surface area contributed by atoms with Crippen molar-refractivity contribution >= 4 is 11.9 Å². The third-order valence-electron chi connectivity index (χ3n) is 3.19. The quantitative estimate of drug-likeness (QED) is 0.855. The van der Waals surface area contributed by atoms with Gasteiger partial charge in [-0.1, -0.05) is 23.8 Å². The number of hydrogen-bond acceptors (Lipinski definition) is 2. The summed E-state index contributed by atoms with van der Waals surface area (Å²) in [6, 6.07) is 6.27. The first-order valence-corrected chi connectivity index (χ1v) is 6.42. The van der Waals surface area contributed by atoms with Gasteiger partial charge in [-0.2, -0.15) is 0 Å². The van der Waals surface area contributed by atoms with Crippen LogP contribution in [-0.4, -0.2) is 35.5 Å². The molecule has 1 amide bonds. The second-order valence-corrected chi connectivity index (χ2v) is 4.89. The first-order chi connectivity index (χ1) is 8.90. The summed E-state index contributed by atoms with van der Waals surface area (Å²) in [5, 5.41) is 8.54. The molecule has 0 saturated carbocycles. The Labute approximate surface area is 114 Å². The van der Waals surface area contributed by atoms with Crippen LogP contribution in [-0.2, 0) is 16.0 Å². The Morgan fingerprint density at radius 3 is 2.47 bits per heavy atom. The molecule has 0 aliphatic rings. The number of carboxylic acids is 1. The predicted octanol–water partition coefficient (Wildman–Crippen LogP) is 2.17. The van der Waals surface area contributed by atoms with Gasteiger partial charge in [0.15, 0.2) is 0 Å². The molecule has 0 aromatic heterocycles. The van der Waals surface area contributed by atoms with Crippen molar-refractivity contribution in [1.82, 2.24) is 4.90 Å². The minimum Gasteiger partial charge on any atom is -0.481 e. The number of carbonyl (C=O) groups is 2. The molecule has 0 aliphatic heterocycles. The summed E-state index contributed by atoms with van der Waals surface area (Å²) >= 11 is 0. The van der Waals surface area contributed by atoms with Crippen LogP contribution in [0.1, 0.15) is 29.5 Å². The number of benzene rings is 1. The van der Waals surface area contributed by atoms with Crippen LogP contribution in [0, 0.1) is 13.8 Å². The van der Waals surface area contributed by atoms with Crippen LogP contribution >= 0.6 is 0 Å². The van der Waals surface area contributed by atoms with Crippen LogP contribution in [0.5, 0.6) is 0 Å². The van der Waals surface area contributed by atoms with Gasteiger partial charge in [-0.25, -0.2) is 0 Å². The van der Waals surface area contributed by atoms with E-state index in [2.05, 4.69) is 32.0 Å². The minimum absolute atomic E-state index is 0.0682. The average Bonchev–Trinajstić information content (AvgIpc) is 2.34. The highest BCUT2D eigenvalue weighted by Gasteiger charge is 2.11. The van der Waals surface area contributed by atoms with Crippen molar-refractivity contribution in [3.63, 3.8) is 0 Å². The van der Waals surface area contributed by atoms with Crippen molar-refractivity contribution in [2.75, 3.05) is 13.6 Å². The van der Waals surface area contributed by atoms with Crippen molar-refractivity contribution in [2.24, 2.45) is 0 Å². The Bertz CT molecular complexity index is 468. The molecule has 1 aromatic rings. The first-order valence-electron chi connectivity index (χ1n) is 6.42. The molecule has 0 saturated heterocycles. The lowest BCUT2D eigenvalue weighted by atomic mass is 10.0. The van der Waals surface area contributed by atoms with Crippen LogP contribution in [0.3, 0.4) is 0 Å². The largest absolute Gasteiger partial charge is 0.481 e. The standard InChI is InChI=1S/C15H21NO3/c1-11-4-5-13(12(2)10-11)8-9-16(3)14(17)6-7-15(18)19/h4-5,10H,6-9H2,1-3H3,(H,18,19). The zero-order chi connectivity index (χ0) is 14.4. The van der Waals surface area contributed by atoms with E-state index in [1.807, 2.05) is 0 Å². The van der Waals surface area contributed by atoms with E-state index in [9.17, 15) is 9.59 Å². The van der Waals surface area contributed by atoms with Gasteiger partial charge in [0, 0.05) is 20.0 Å². The van der Waals surface area contributed by atoms with Crippen molar-refractivity contribution in [3.8, 4) is 0 Å². The third kappa shape index (κ3) is 5.12. The van der Waals surface area contributed by atoms with Crippen LogP contribution in [0.25, 0.3) is 0 Å². The molecule has 19 heavy (non-hydrogen) atoms. The number of aryl methyl sites for hydroxylation is 2. The second-order valence-electron chi connectivity index (χ2n) is 4.89. The van der Waals surface area contributed by atoms with E-state index >= 15 is 0 Å². The lowest BCUT2D eigenvalue weighted by molar-refractivity contribution is -0.140. The monoisotopic (exact) mass is 263 g/mol. The van der Waals surface area contributed by atoms with Gasteiger partial charge in [0.2, 0.25) is 5.91 Å². The molecular formula is C15H21NO3. The third-order valence-corrected chi connectivity index (χ3v) is 3.19. The highest BCUT2D eigenvalue weighted by Crippen LogP contribution is 2.11. The maximum Gasteiger partial charge on any atom is 0.303 e. The Morgan fingerprint density at radius 1 is 1.21 bits per heavy atom. The molecule has 1 N–H and O–H groups in total. The fraction of sp³-hybridized carbons (Fsp3) is 0.467. The molecule has 0 radical (unpaired) electrons. The number of likely N-dealkylation sites (N-methyl/N-ethyl adjacent to an activating group) is 1. The number of nitrogens with zero attached hydrogens (tertiary/aromatic N) is 1. The van der Waals surface area contributed by atoms with Gasteiger partial charge >= 0.3 is 5.97 Å². The van der Waals surface area contributed by atoms with E-state index in [1.54, 1.807) is 11.9 Å². The number of aliphatic carboxylic acids is 1. The Balaban J connectivity index is 2.47. The van der Waals surface area contributed by atoms with E-state index < -0.39 is 5.97 Å². The SMILES string of the molecule is Cc1ccc(CCN(C)C(=O)CCC(=O)O)c(C)c1. The van der Waals surface area contributed by atoms with Crippen LogP contribution in [0.4, 0.5) is 0 Å². The van der Waals surface area contributed by atoms with Crippen molar-refractivity contribution in [2.45, 2.75) is 33.1 Å². The molecule has 4 heteroatoms. The average molecular weight is 263 g/mol. The van der Waals surface area contributed by atoms with Gasteiger partial charge < -0.3 is 10.0 Å². The summed E-state index contributed by atoms with van der Waals surface area (Å²) in [4.78, 5) is 23.7. The van der Waals surface area contributed by atoms with Crippen LogP contribution < -0.4 is 0 Å². The minimum atomic E-state index is -0.934. The fourth-order valence-corrected chi connectivity index (χ4v) is 1.94.